The molecule has 0 aliphatic carbocycles. The maximum atomic E-state index is 5.98. The Labute approximate surface area is 138 Å². The van der Waals surface area contributed by atoms with Crippen LogP contribution in [0.15, 0.2) is 53.7 Å². The predicted molar refractivity (Wildman–Crippen MR) is 90.1 cm³/mol. The highest BCUT2D eigenvalue weighted by atomic mass is 35.5. The molecule has 0 spiro atoms. The second kappa shape index (κ2) is 6.42. The van der Waals surface area contributed by atoms with E-state index in [9.17, 15) is 0 Å². The van der Waals surface area contributed by atoms with Crippen molar-refractivity contribution >= 4 is 23.4 Å². The van der Waals surface area contributed by atoms with Crippen LogP contribution in [0.3, 0.4) is 0 Å². The first-order valence-corrected chi connectivity index (χ1v) is 8.23. The lowest BCUT2D eigenvalue weighted by molar-refractivity contribution is 0.415. The summed E-state index contributed by atoms with van der Waals surface area (Å²) in [5, 5.41) is 10.1. The highest BCUT2D eigenvalue weighted by Crippen LogP contribution is 2.28. The molecule has 0 N–H and O–H groups in total. The van der Waals surface area contributed by atoms with Gasteiger partial charge in [-0.2, -0.15) is 0 Å². The fraction of sp³-hybridized carbons (Fsp3) is 0.125. The van der Waals surface area contributed by atoms with Gasteiger partial charge in [0.1, 0.15) is 5.75 Å². The fourth-order valence-corrected chi connectivity index (χ4v) is 2.78. The number of hydrogen-bond acceptors (Lipinski definition) is 4. The summed E-state index contributed by atoms with van der Waals surface area (Å²) < 4.78 is 7.21. The molecule has 0 atom stereocenters. The lowest BCUT2D eigenvalue weighted by Gasteiger charge is -2.10. The highest BCUT2D eigenvalue weighted by Gasteiger charge is 2.15. The van der Waals surface area contributed by atoms with Crippen LogP contribution in [0.4, 0.5) is 0 Å². The zero-order valence-electron chi connectivity index (χ0n) is 12.2. The van der Waals surface area contributed by atoms with Crippen LogP contribution in [0.2, 0.25) is 5.02 Å². The van der Waals surface area contributed by atoms with E-state index in [2.05, 4.69) is 10.2 Å². The van der Waals surface area contributed by atoms with E-state index in [1.54, 1.807) is 18.9 Å². The summed E-state index contributed by atoms with van der Waals surface area (Å²) in [6.07, 6.45) is 1.98. The summed E-state index contributed by atoms with van der Waals surface area (Å²) in [5.41, 5.74) is 1.95. The third-order valence-corrected chi connectivity index (χ3v) is 4.13. The molecule has 0 radical (unpaired) electrons. The van der Waals surface area contributed by atoms with Crippen LogP contribution in [-0.2, 0) is 0 Å². The van der Waals surface area contributed by atoms with Crippen LogP contribution >= 0.6 is 23.4 Å². The Bertz CT molecular complexity index is 769. The quantitative estimate of drug-likeness (QED) is 0.668. The van der Waals surface area contributed by atoms with E-state index < -0.39 is 0 Å². The number of thioether (sulfide) groups is 1. The molecule has 0 fully saturated rings. The third kappa shape index (κ3) is 2.82. The lowest BCUT2D eigenvalue weighted by Crippen LogP contribution is -1.99. The molecule has 0 aliphatic heterocycles. The molecule has 22 heavy (non-hydrogen) atoms. The second-order valence-corrected chi connectivity index (χ2v) is 5.76. The van der Waals surface area contributed by atoms with Crippen LogP contribution in [0.5, 0.6) is 5.75 Å². The van der Waals surface area contributed by atoms with Gasteiger partial charge in [0.2, 0.25) is 0 Å². The molecule has 6 heteroatoms. The number of nitrogens with zero attached hydrogens (tertiary/aromatic N) is 3. The van der Waals surface area contributed by atoms with Crippen molar-refractivity contribution in [2.24, 2.45) is 0 Å². The van der Waals surface area contributed by atoms with Gasteiger partial charge in [0.05, 0.1) is 7.11 Å². The smallest absolute Gasteiger partial charge is 0.195 e. The van der Waals surface area contributed by atoms with Gasteiger partial charge in [0.15, 0.2) is 11.0 Å². The zero-order chi connectivity index (χ0) is 15.5. The van der Waals surface area contributed by atoms with E-state index in [0.717, 1.165) is 28.0 Å². The van der Waals surface area contributed by atoms with E-state index in [-0.39, 0.29) is 0 Å². The van der Waals surface area contributed by atoms with Crippen molar-refractivity contribution in [1.29, 1.82) is 0 Å². The molecule has 3 aromatic rings. The first-order chi connectivity index (χ1) is 10.7. The molecule has 1 heterocycles. The molecule has 0 saturated carbocycles. The SMILES string of the molecule is COc1ccc(-c2nnc(SC)n2-c2ccc(Cl)cc2)cc1. The van der Waals surface area contributed by atoms with Crippen molar-refractivity contribution in [3.8, 4) is 22.8 Å². The van der Waals surface area contributed by atoms with Crippen molar-refractivity contribution in [3.05, 3.63) is 53.6 Å². The van der Waals surface area contributed by atoms with Gasteiger partial charge in [-0.3, -0.25) is 4.57 Å². The van der Waals surface area contributed by atoms with Crippen molar-refractivity contribution in [2.45, 2.75) is 5.16 Å². The maximum Gasteiger partial charge on any atom is 0.195 e. The Kier molecular flexibility index (Phi) is 4.36. The molecule has 0 saturated heterocycles. The number of rotatable bonds is 4. The van der Waals surface area contributed by atoms with E-state index in [0.29, 0.717) is 5.02 Å². The monoisotopic (exact) mass is 331 g/mol. The highest BCUT2D eigenvalue weighted by molar-refractivity contribution is 7.98. The second-order valence-electron chi connectivity index (χ2n) is 4.55. The minimum atomic E-state index is 0.702. The van der Waals surface area contributed by atoms with Crippen LogP contribution < -0.4 is 4.74 Å². The minimum absolute atomic E-state index is 0.702. The number of ether oxygens (including phenoxy) is 1. The first kappa shape index (κ1) is 14.9. The third-order valence-electron chi connectivity index (χ3n) is 3.25. The van der Waals surface area contributed by atoms with Crippen molar-refractivity contribution in [1.82, 2.24) is 14.8 Å². The van der Waals surface area contributed by atoms with Gasteiger partial charge in [-0.05, 0) is 54.8 Å². The molecule has 2 aromatic carbocycles. The Morgan fingerprint density at radius 1 is 1.00 bits per heavy atom. The van der Waals surface area contributed by atoms with Gasteiger partial charge < -0.3 is 4.74 Å². The minimum Gasteiger partial charge on any atom is -0.497 e. The van der Waals surface area contributed by atoms with Crippen LogP contribution in [0.1, 0.15) is 0 Å². The summed E-state index contributed by atoms with van der Waals surface area (Å²) >= 11 is 7.53. The molecular formula is C16H14ClN3OS. The summed E-state index contributed by atoms with van der Waals surface area (Å²) in [6.45, 7) is 0. The van der Waals surface area contributed by atoms with E-state index in [1.807, 2.05) is 59.4 Å². The number of halogens is 1. The average molecular weight is 332 g/mol. The maximum absolute atomic E-state index is 5.98. The number of aromatic nitrogens is 3. The summed E-state index contributed by atoms with van der Waals surface area (Å²) in [6, 6.07) is 15.4. The summed E-state index contributed by atoms with van der Waals surface area (Å²) in [5.74, 6) is 1.60. The van der Waals surface area contributed by atoms with Crippen LogP contribution in [0, 0.1) is 0 Å². The first-order valence-electron chi connectivity index (χ1n) is 6.62. The Hall–Kier alpha value is -1.98. The number of benzene rings is 2. The van der Waals surface area contributed by atoms with Crippen LogP contribution in [0.25, 0.3) is 17.1 Å². The van der Waals surface area contributed by atoms with Gasteiger partial charge in [-0.1, -0.05) is 23.4 Å². The normalized spacial score (nSPS) is 10.7. The fourth-order valence-electron chi connectivity index (χ4n) is 2.15. The molecule has 0 bridgehead atoms. The van der Waals surface area contributed by atoms with E-state index in [1.165, 1.54) is 0 Å². The lowest BCUT2D eigenvalue weighted by atomic mass is 10.2. The van der Waals surface area contributed by atoms with Crippen LogP contribution in [-0.4, -0.2) is 28.1 Å². The van der Waals surface area contributed by atoms with E-state index >= 15 is 0 Å². The van der Waals surface area contributed by atoms with Gasteiger partial charge in [0.25, 0.3) is 0 Å². The Balaban J connectivity index is 2.11. The molecule has 0 aliphatic rings. The molecule has 0 amide bonds. The molecular weight excluding hydrogens is 318 g/mol. The van der Waals surface area contributed by atoms with Gasteiger partial charge in [0, 0.05) is 16.3 Å². The molecule has 0 unspecified atom stereocenters. The largest absolute Gasteiger partial charge is 0.497 e. The standard InChI is InChI=1S/C16H14ClN3OS/c1-21-14-9-3-11(4-10-14)15-18-19-16(22-2)20(15)13-7-5-12(17)6-8-13/h3-10H,1-2H3. The number of hydrogen-bond donors (Lipinski definition) is 0. The molecule has 1 aromatic heterocycles. The van der Waals surface area contributed by atoms with Crippen molar-refractivity contribution < 1.29 is 4.74 Å². The number of methoxy groups -OCH3 is 1. The molecule has 112 valence electrons. The summed E-state index contributed by atoms with van der Waals surface area (Å²) in [4.78, 5) is 0. The zero-order valence-corrected chi connectivity index (χ0v) is 13.7. The molecule has 4 nitrogen and oxygen atoms in total. The Morgan fingerprint density at radius 3 is 2.27 bits per heavy atom. The van der Waals surface area contributed by atoms with Gasteiger partial charge in [-0.25, -0.2) is 0 Å². The average Bonchev–Trinajstić information content (AvgIpc) is 2.99. The van der Waals surface area contributed by atoms with E-state index in [4.69, 9.17) is 16.3 Å². The predicted octanol–water partition coefficient (Wildman–Crippen LogP) is 4.32. The Morgan fingerprint density at radius 2 is 1.68 bits per heavy atom. The topological polar surface area (TPSA) is 39.9 Å². The van der Waals surface area contributed by atoms with Gasteiger partial charge >= 0.3 is 0 Å². The molecule has 3 rings (SSSR count). The summed E-state index contributed by atoms with van der Waals surface area (Å²) in [7, 11) is 1.65. The van der Waals surface area contributed by atoms with Crippen molar-refractivity contribution in [2.75, 3.05) is 13.4 Å². The van der Waals surface area contributed by atoms with Gasteiger partial charge in [-0.15, -0.1) is 10.2 Å². The van der Waals surface area contributed by atoms with Crippen molar-refractivity contribution in [3.63, 3.8) is 0 Å².